The van der Waals surface area contributed by atoms with Crippen molar-refractivity contribution in [3.05, 3.63) is 53.9 Å². The monoisotopic (exact) mass is 374 g/mol. The number of aromatic nitrogens is 3. The Balaban J connectivity index is 1.58. The number of fused-ring (bicyclic) bond motifs is 1. The zero-order valence-corrected chi connectivity index (χ0v) is 15.0. The number of benzene rings is 1. The van der Waals surface area contributed by atoms with Gasteiger partial charge in [0.1, 0.15) is 6.10 Å². The van der Waals surface area contributed by atoms with Crippen LogP contribution in [0.4, 0.5) is 0 Å². The van der Waals surface area contributed by atoms with Crippen molar-refractivity contribution in [2.24, 2.45) is 0 Å². The lowest BCUT2D eigenvalue weighted by Crippen LogP contribution is -2.42. The topological polar surface area (TPSA) is 98.4 Å². The molecule has 0 spiro atoms. The number of hydrogen-bond donors (Lipinski definition) is 0. The summed E-state index contributed by atoms with van der Waals surface area (Å²) in [6, 6.07) is 9.31. The molecule has 3 aromatic rings. The Hall–Kier alpha value is -2.36. The van der Waals surface area contributed by atoms with Crippen molar-refractivity contribution < 1.29 is 17.6 Å². The molecule has 0 unspecified atom stereocenters. The molecule has 9 heteroatoms. The number of para-hydroxylation sites is 1. The summed E-state index contributed by atoms with van der Waals surface area (Å²) >= 11 is 0. The molecule has 0 saturated carbocycles. The van der Waals surface area contributed by atoms with E-state index in [1.807, 2.05) is 24.3 Å². The maximum atomic E-state index is 13.0. The van der Waals surface area contributed by atoms with Crippen LogP contribution in [0.15, 0.2) is 40.9 Å². The molecule has 1 saturated heterocycles. The number of rotatable bonds is 4. The Morgan fingerprint density at radius 2 is 2.08 bits per heavy atom. The number of sulfonamides is 1. The summed E-state index contributed by atoms with van der Waals surface area (Å²) in [6.45, 7) is 2.41. The molecule has 4 rings (SSSR count). The number of pyridine rings is 1. The van der Waals surface area contributed by atoms with Crippen molar-refractivity contribution >= 4 is 20.9 Å². The molecule has 1 aliphatic heterocycles. The van der Waals surface area contributed by atoms with Crippen molar-refractivity contribution in [3.63, 3.8) is 0 Å². The van der Waals surface area contributed by atoms with Gasteiger partial charge in [-0.2, -0.15) is 4.31 Å². The van der Waals surface area contributed by atoms with Gasteiger partial charge in [-0.05, 0) is 11.6 Å². The summed E-state index contributed by atoms with van der Waals surface area (Å²) in [7, 11) is -3.54. The van der Waals surface area contributed by atoms with Crippen LogP contribution in [-0.2, 0) is 20.5 Å². The molecular weight excluding hydrogens is 356 g/mol. The van der Waals surface area contributed by atoms with Crippen LogP contribution in [0, 0.1) is 6.92 Å². The van der Waals surface area contributed by atoms with E-state index >= 15 is 0 Å². The summed E-state index contributed by atoms with van der Waals surface area (Å²) in [5, 5.41) is 8.63. The first kappa shape index (κ1) is 17.1. The van der Waals surface area contributed by atoms with E-state index in [1.54, 1.807) is 19.2 Å². The second-order valence-electron chi connectivity index (χ2n) is 6.13. The van der Waals surface area contributed by atoms with E-state index in [1.165, 1.54) is 4.31 Å². The molecule has 3 heterocycles. The number of aryl methyl sites for hydroxylation is 1. The SMILES string of the molecule is Cc1nnc([C@H]2CN(S(=O)(=O)Cc3cccc4cccnc34)CCO2)o1. The number of hydrogen-bond acceptors (Lipinski definition) is 7. The summed E-state index contributed by atoms with van der Waals surface area (Å²) in [6.07, 6.45) is 1.12. The largest absolute Gasteiger partial charge is 0.423 e. The van der Waals surface area contributed by atoms with Crippen molar-refractivity contribution in [3.8, 4) is 0 Å². The van der Waals surface area contributed by atoms with Crippen LogP contribution >= 0.6 is 0 Å². The molecular formula is C17H18N4O4S. The molecule has 2 aromatic heterocycles. The molecule has 0 aliphatic carbocycles. The minimum atomic E-state index is -3.54. The molecule has 1 fully saturated rings. The average molecular weight is 374 g/mol. The fourth-order valence-electron chi connectivity index (χ4n) is 3.04. The van der Waals surface area contributed by atoms with Gasteiger partial charge < -0.3 is 9.15 Å². The normalized spacial score (nSPS) is 19.0. The van der Waals surface area contributed by atoms with Crippen LogP contribution in [0.3, 0.4) is 0 Å². The van der Waals surface area contributed by atoms with Gasteiger partial charge in [0.2, 0.25) is 21.8 Å². The molecule has 0 radical (unpaired) electrons. The van der Waals surface area contributed by atoms with Crippen molar-refractivity contribution in [1.29, 1.82) is 0 Å². The van der Waals surface area contributed by atoms with Gasteiger partial charge in [0.05, 0.1) is 17.9 Å². The lowest BCUT2D eigenvalue weighted by atomic mass is 10.1. The lowest BCUT2D eigenvalue weighted by molar-refractivity contribution is -0.0177. The molecule has 1 atom stereocenters. The van der Waals surface area contributed by atoms with Crippen LogP contribution in [0.5, 0.6) is 0 Å². The van der Waals surface area contributed by atoms with Crippen LogP contribution in [0.1, 0.15) is 23.4 Å². The Bertz CT molecular complexity index is 1030. The first-order chi connectivity index (χ1) is 12.5. The first-order valence-electron chi connectivity index (χ1n) is 8.25. The molecule has 136 valence electrons. The summed E-state index contributed by atoms with van der Waals surface area (Å²) in [4.78, 5) is 4.33. The summed E-state index contributed by atoms with van der Waals surface area (Å²) in [5.74, 6) is 0.608. The van der Waals surface area contributed by atoms with Crippen LogP contribution < -0.4 is 0 Å². The Morgan fingerprint density at radius 1 is 1.23 bits per heavy atom. The van der Waals surface area contributed by atoms with Gasteiger partial charge in [-0.3, -0.25) is 4.98 Å². The number of nitrogens with zero attached hydrogens (tertiary/aromatic N) is 4. The second kappa shape index (κ2) is 6.75. The zero-order chi connectivity index (χ0) is 18.1. The van der Waals surface area contributed by atoms with E-state index in [9.17, 15) is 8.42 Å². The molecule has 8 nitrogen and oxygen atoms in total. The van der Waals surface area contributed by atoms with Gasteiger partial charge in [0.25, 0.3) is 0 Å². The van der Waals surface area contributed by atoms with E-state index < -0.39 is 16.1 Å². The maximum Gasteiger partial charge on any atom is 0.246 e. The van der Waals surface area contributed by atoms with Gasteiger partial charge in [-0.25, -0.2) is 8.42 Å². The molecule has 1 aliphatic rings. The van der Waals surface area contributed by atoms with Crippen molar-refractivity contribution in [2.45, 2.75) is 18.8 Å². The minimum absolute atomic E-state index is 0.114. The summed E-state index contributed by atoms with van der Waals surface area (Å²) in [5.41, 5.74) is 1.38. The first-order valence-corrected chi connectivity index (χ1v) is 9.86. The fourth-order valence-corrected chi connectivity index (χ4v) is 4.57. The van der Waals surface area contributed by atoms with Gasteiger partial charge in [-0.1, -0.05) is 24.3 Å². The third-order valence-corrected chi connectivity index (χ3v) is 6.09. The van der Waals surface area contributed by atoms with Crippen molar-refractivity contribution in [1.82, 2.24) is 19.5 Å². The molecule has 0 bridgehead atoms. The predicted molar refractivity (Wildman–Crippen MR) is 93.7 cm³/mol. The third-order valence-electron chi connectivity index (χ3n) is 4.29. The fraction of sp³-hybridized carbons (Fsp3) is 0.353. The molecule has 1 aromatic carbocycles. The number of ether oxygens (including phenoxy) is 1. The highest BCUT2D eigenvalue weighted by Gasteiger charge is 2.33. The Morgan fingerprint density at radius 3 is 2.88 bits per heavy atom. The van der Waals surface area contributed by atoms with E-state index in [-0.39, 0.29) is 18.9 Å². The Kier molecular flexibility index (Phi) is 4.43. The van der Waals surface area contributed by atoms with Gasteiger partial charge in [0.15, 0.2) is 0 Å². The number of morpholine rings is 1. The highest BCUT2D eigenvalue weighted by atomic mass is 32.2. The van der Waals surface area contributed by atoms with E-state index in [4.69, 9.17) is 9.15 Å². The van der Waals surface area contributed by atoms with Gasteiger partial charge >= 0.3 is 0 Å². The van der Waals surface area contributed by atoms with E-state index in [0.717, 1.165) is 5.39 Å². The maximum absolute atomic E-state index is 13.0. The highest BCUT2D eigenvalue weighted by Crippen LogP contribution is 2.25. The van der Waals surface area contributed by atoms with E-state index in [2.05, 4.69) is 15.2 Å². The minimum Gasteiger partial charge on any atom is -0.423 e. The van der Waals surface area contributed by atoms with Gasteiger partial charge in [0, 0.05) is 31.6 Å². The van der Waals surface area contributed by atoms with E-state index in [0.29, 0.717) is 29.4 Å². The smallest absolute Gasteiger partial charge is 0.246 e. The van der Waals surface area contributed by atoms with Crippen LogP contribution in [-0.4, -0.2) is 47.6 Å². The third kappa shape index (κ3) is 3.33. The molecule has 26 heavy (non-hydrogen) atoms. The second-order valence-corrected chi connectivity index (χ2v) is 8.09. The van der Waals surface area contributed by atoms with Crippen LogP contribution in [0.25, 0.3) is 10.9 Å². The average Bonchev–Trinajstić information content (AvgIpc) is 3.08. The molecule has 0 amide bonds. The quantitative estimate of drug-likeness (QED) is 0.687. The predicted octanol–water partition coefficient (Wildman–Crippen LogP) is 1.83. The molecule has 0 N–H and O–H groups in total. The summed E-state index contributed by atoms with van der Waals surface area (Å²) < 4.78 is 38.3. The van der Waals surface area contributed by atoms with Gasteiger partial charge in [-0.15, -0.1) is 10.2 Å². The zero-order valence-electron chi connectivity index (χ0n) is 14.2. The van der Waals surface area contributed by atoms with Crippen LogP contribution in [0.2, 0.25) is 0 Å². The standard InChI is InChI=1S/C17H18N4O4S/c1-12-19-20-17(25-12)15-10-21(8-9-24-15)26(22,23)11-14-5-2-4-13-6-3-7-18-16(13)14/h2-7,15H,8-11H2,1H3/t15-/m1/s1. The van der Waals surface area contributed by atoms with Crippen molar-refractivity contribution in [2.75, 3.05) is 19.7 Å². The Labute approximate surface area is 150 Å². The lowest BCUT2D eigenvalue weighted by Gasteiger charge is -2.30. The highest BCUT2D eigenvalue weighted by molar-refractivity contribution is 7.88.